The van der Waals surface area contributed by atoms with Crippen LogP contribution in [0.1, 0.15) is 5.56 Å². The Morgan fingerprint density at radius 1 is 1.41 bits per heavy atom. The van der Waals surface area contributed by atoms with E-state index < -0.39 is 0 Å². The molecule has 0 bridgehead atoms. The van der Waals surface area contributed by atoms with Gasteiger partial charge in [-0.2, -0.15) is 5.10 Å². The number of aromatic amines is 1. The summed E-state index contributed by atoms with van der Waals surface area (Å²) in [6.07, 6.45) is 7.52. The fourth-order valence-electron chi connectivity index (χ4n) is 2.91. The van der Waals surface area contributed by atoms with Gasteiger partial charge in [-0.15, -0.1) is 0 Å². The monoisotopic (exact) mass is 298 g/mol. The van der Waals surface area contributed by atoms with Crippen LogP contribution in [-0.4, -0.2) is 50.5 Å². The summed E-state index contributed by atoms with van der Waals surface area (Å²) >= 11 is 0. The molecule has 1 N–H and O–H groups in total. The first-order chi connectivity index (χ1) is 10.8. The molecule has 3 aromatic rings. The Morgan fingerprint density at radius 3 is 3.23 bits per heavy atom. The van der Waals surface area contributed by atoms with Gasteiger partial charge in [0.2, 0.25) is 0 Å². The molecule has 1 aliphatic heterocycles. The lowest BCUT2D eigenvalue weighted by Crippen LogP contribution is -2.44. The third-order valence-electron chi connectivity index (χ3n) is 3.92. The molecule has 0 aromatic carbocycles. The second-order valence-corrected chi connectivity index (χ2v) is 5.62. The minimum absolute atomic E-state index is 0.108. The second kappa shape index (κ2) is 5.42. The second-order valence-electron chi connectivity index (χ2n) is 5.62. The highest BCUT2D eigenvalue weighted by molar-refractivity contribution is 5.87. The molecule has 1 atom stereocenters. The van der Waals surface area contributed by atoms with Crippen molar-refractivity contribution in [2.45, 2.75) is 19.6 Å². The van der Waals surface area contributed by atoms with E-state index in [-0.39, 0.29) is 6.10 Å². The molecule has 7 nitrogen and oxygen atoms in total. The number of rotatable bonds is 3. The van der Waals surface area contributed by atoms with Gasteiger partial charge in [-0.25, -0.2) is 9.97 Å². The SMILES string of the molecule is Cc1cnn(C[C@H]2CN(c3ncnc4[nH]ccc34)CCO2)c1. The van der Waals surface area contributed by atoms with Gasteiger partial charge < -0.3 is 14.6 Å². The van der Waals surface area contributed by atoms with Crippen molar-refractivity contribution in [2.24, 2.45) is 0 Å². The smallest absolute Gasteiger partial charge is 0.142 e. The summed E-state index contributed by atoms with van der Waals surface area (Å²) in [5.74, 6) is 0.969. The molecule has 1 saturated heterocycles. The Bertz CT molecular complexity index is 779. The molecule has 114 valence electrons. The average Bonchev–Trinajstić information content (AvgIpc) is 3.16. The maximum Gasteiger partial charge on any atom is 0.142 e. The number of nitrogens with one attached hydrogen (secondary N) is 1. The molecule has 3 aromatic heterocycles. The van der Waals surface area contributed by atoms with E-state index in [4.69, 9.17) is 4.74 Å². The van der Waals surface area contributed by atoms with Gasteiger partial charge in [-0.3, -0.25) is 4.68 Å². The third-order valence-corrected chi connectivity index (χ3v) is 3.92. The van der Waals surface area contributed by atoms with E-state index in [9.17, 15) is 0 Å². The Balaban J connectivity index is 1.54. The van der Waals surface area contributed by atoms with Gasteiger partial charge in [0, 0.05) is 25.5 Å². The summed E-state index contributed by atoms with van der Waals surface area (Å²) in [6, 6.07) is 2.02. The minimum Gasteiger partial charge on any atom is -0.373 e. The van der Waals surface area contributed by atoms with Crippen LogP contribution >= 0.6 is 0 Å². The Morgan fingerprint density at radius 2 is 2.36 bits per heavy atom. The molecule has 7 heteroatoms. The summed E-state index contributed by atoms with van der Waals surface area (Å²) in [6.45, 7) is 5.13. The number of nitrogens with zero attached hydrogens (tertiary/aromatic N) is 5. The zero-order valence-corrected chi connectivity index (χ0v) is 12.4. The predicted molar refractivity (Wildman–Crippen MR) is 82.8 cm³/mol. The first kappa shape index (κ1) is 13.3. The summed E-state index contributed by atoms with van der Waals surface area (Å²) in [4.78, 5) is 14.1. The zero-order valence-electron chi connectivity index (χ0n) is 12.4. The summed E-state index contributed by atoms with van der Waals surface area (Å²) in [5.41, 5.74) is 2.04. The van der Waals surface area contributed by atoms with Gasteiger partial charge in [-0.1, -0.05) is 0 Å². The van der Waals surface area contributed by atoms with Gasteiger partial charge in [0.1, 0.15) is 17.8 Å². The molecular weight excluding hydrogens is 280 g/mol. The lowest BCUT2D eigenvalue weighted by molar-refractivity contribution is 0.0272. The number of hydrogen-bond donors (Lipinski definition) is 1. The summed E-state index contributed by atoms with van der Waals surface area (Å²) in [7, 11) is 0. The van der Waals surface area contributed by atoms with Crippen molar-refractivity contribution in [3.05, 3.63) is 36.5 Å². The number of aromatic nitrogens is 5. The summed E-state index contributed by atoms with van der Waals surface area (Å²) < 4.78 is 7.82. The Labute approximate surface area is 127 Å². The Kier molecular flexibility index (Phi) is 3.27. The first-order valence-electron chi connectivity index (χ1n) is 7.43. The number of anilines is 1. The van der Waals surface area contributed by atoms with Crippen molar-refractivity contribution in [3.8, 4) is 0 Å². The van der Waals surface area contributed by atoms with Crippen molar-refractivity contribution in [1.29, 1.82) is 0 Å². The molecule has 0 spiro atoms. The van der Waals surface area contributed by atoms with Gasteiger partial charge in [0.05, 0.1) is 30.8 Å². The number of H-pyrrole nitrogens is 1. The fraction of sp³-hybridized carbons (Fsp3) is 0.400. The van der Waals surface area contributed by atoms with Crippen molar-refractivity contribution in [3.63, 3.8) is 0 Å². The van der Waals surface area contributed by atoms with Gasteiger partial charge >= 0.3 is 0 Å². The molecule has 0 aliphatic carbocycles. The maximum absolute atomic E-state index is 5.88. The topological polar surface area (TPSA) is 71.9 Å². The molecule has 22 heavy (non-hydrogen) atoms. The molecule has 0 amide bonds. The van der Waals surface area contributed by atoms with Gasteiger partial charge in [0.25, 0.3) is 0 Å². The first-order valence-corrected chi connectivity index (χ1v) is 7.43. The van der Waals surface area contributed by atoms with Crippen LogP contribution < -0.4 is 4.90 Å². The highest BCUT2D eigenvalue weighted by Crippen LogP contribution is 2.24. The molecule has 0 radical (unpaired) electrons. The lowest BCUT2D eigenvalue weighted by atomic mass is 10.2. The van der Waals surface area contributed by atoms with Crippen molar-refractivity contribution in [1.82, 2.24) is 24.7 Å². The molecule has 0 unspecified atom stereocenters. The quantitative estimate of drug-likeness (QED) is 0.790. The molecular formula is C15H18N6O. The van der Waals surface area contributed by atoms with E-state index in [1.165, 1.54) is 0 Å². The van der Waals surface area contributed by atoms with Gasteiger partial charge in [-0.05, 0) is 18.6 Å². The van der Waals surface area contributed by atoms with Crippen LogP contribution in [0.5, 0.6) is 0 Å². The van der Waals surface area contributed by atoms with E-state index >= 15 is 0 Å². The highest BCUT2D eigenvalue weighted by atomic mass is 16.5. The van der Waals surface area contributed by atoms with Crippen molar-refractivity contribution in [2.75, 3.05) is 24.6 Å². The van der Waals surface area contributed by atoms with Gasteiger partial charge in [0.15, 0.2) is 0 Å². The van der Waals surface area contributed by atoms with Crippen LogP contribution in [-0.2, 0) is 11.3 Å². The van der Waals surface area contributed by atoms with Crippen LogP contribution in [0, 0.1) is 6.92 Å². The predicted octanol–water partition coefficient (Wildman–Crippen LogP) is 1.37. The van der Waals surface area contributed by atoms with Crippen LogP contribution in [0.2, 0.25) is 0 Å². The standard InChI is InChI=1S/C15H18N6O/c1-11-6-19-21(7-11)9-12-8-20(4-5-22-12)15-13-2-3-16-14(13)17-10-18-15/h2-3,6-7,10,12H,4-5,8-9H2,1H3,(H,16,17,18)/t12-/m1/s1. The maximum atomic E-state index is 5.88. The van der Waals surface area contributed by atoms with E-state index in [0.717, 1.165) is 42.0 Å². The van der Waals surface area contributed by atoms with E-state index in [1.807, 2.05) is 36.3 Å². The average molecular weight is 298 g/mol. The largest absolute Gasteiger partial charge is 0.373 e. The minimum atomic E-state index is 0.108. The highest BCUT2D eigenvalue weighted by Gasteiger charge is 2.23. The van der Waals surface area contributed by atoms with Crippen LogP contribution in [0.25, 0.3) is 11.0 Å². The molecule has 0 saturated carbocycles. The van der Waals surface area contributed by atoms with E-state index in [1.54, 1.807) is 6.33 Å². The fourth-order valence-corrected chi connectivity index (χ4v) is 2.91. The molecule has 1 fully saturated rings. The van der Waals surface area contributed by atoms with Crippen LogP contribution in [0.15, 0.2) is 31.0 Å². The van der Waals surface area contributed by atoms with E-state index in [2.05, 4.69) is 25.0 Å². The normalized spacial score (nSPS) is 19.0. The number of hydrogen-bond acceptors (Lipinski definition) is 5. The molecule has 1 aliphatic rings. The van der Waals surface area contributed by atoms with Crippen LogP contribution in [0.4, 0.5) is 5.82 Å². The number of fused-ring (bicyclic) bond motifs is 1. The number of aryl methyl sites for hydroxylation is 1. The van der Waals surface area contributed by atoms with Crippen molar-refractivity contribution >= 4 is 16.9 Å². The number of ether oxygens (including phenoxy) is 1. The van der Waals surface area contributed by atoms with Crippen molar-refractivity contribution < 1.29 is 4.74 Å². The number of morpholine rings is 1. The molecule has 4 rings (SSSR count). The van der Waals surface area contributed by atoms with Crippen LogP contribution in [0.3, 0.4) is 0 Å². The Hall–Kier alpha value is -2.41. The zero-order chi connectivity index (χ0) is 14.9. The third kappa shape index (κ3) is 2.43. The van der Waals surface area contributed by atoms with E-state index in [0.29, 0.717) is 6.61 Å². The lowest BCUT2D eigenvalue weighted by Gasteiger charge is -2.33. The molecule has 4 heterocycles. The summed E-state index contributed by atoms with van der Waals surface area (Å²) in [5, 5.41) is 5.39.